The Kier molecular flexibility index (Phi) is 4.58. The fourth-order valence-electron chi connectivity index (χ4n) is 1.31. The normalized spacial score (nSPS) is 21.5. The third-order valence-corrected chi connectivity index (χ3v) is 2.29. The highest BCUT2D eigenvalue weighted by molar-refractivity contribution is 4.65. The van der Waals surface area contributed by atoms with E-state index in [0.717, 1.165) is 32.7 Å². The van der Waals surface area contributed by atoms with Crippen LogP contribution in [0, 0.1) is 0 Å². The molecule has 71 valence electrons. The number of piperazine rings is 1. The molecule has 12 heavy (non-hydrogen) atoms. The SMILES string of the molecule is CCCC[N]N1CCN(C)CC1. The summed E-state index contributed by atoms with van der Waals surface area (Å²) in [7, 11) is 2.17. The van der Waals surface area contributed by atoms with Gasteiger partial charge in [-0.1, -0.05) is 13.3 Å². The Morgan fingerprint density at radius 3 is 2.42 bits per heavy atom. The predicted molar refractivity (Wildman–Crippen MR) is 51.0 cm³/mol. The van der Waals surface area contributed by atoms with Crippen molar-refractivity contribution in [2.45, 2.75) is 19.8 Å². The van der Waals surface area contributed by atoms with Gasteiger partial charge in [0.15, 0.2) is 0 Å². The quantitative estimate of drug-likeness (QED) is 0.574. The lowest BCUT2D eigenvalue weighted by atomic mass is 10.3. The maximum absolute atomic E-state index is 4.51. The number of likely N-dealkylation sites (N-methyl/N-ethyl adjacent to an activating group) is 1. The van der Waals surface area contributed by atoms with E-state index < -0.39 is 0 Å². The van der Waals surface area contributed by atoms with Crippen molar-refractivity contribution in [2.24, 2.45) is 0 Å². The zero-order valence-corrected chi connectivity index (χ0v) is 8.29. The van der Waals surface area contributed by atoms with Crippen LogP contribution in [0.15, 0.2) is 0 Å². The number of unbranched alkanes of at least 4 members (excludes halogenated alkanes) is 1. The fourth-order valence-corrected chi connectivity index (χ4v) is 1.31. The van der Waals surface area contributed by atoms with E-state index in [-0.39, 0.29) is 0 Å². The van der Waals surface area contributed by atoms with Gasteiger partial charge < -0.3 is 4.90 Å². The fraction of sp³-hybridized carbons (Fsp3) is 1.00. The maximum Gasteiger partial charge on any atom is 0.0306 e. The van der Waals surface area contributed by atoms with E-state index in [9.17, 15) is 0 Å². The molecular formula is C9H20N3. The summed E-state index contributed by atoms with van der Waals surface area (Å²) in [6.45, 7) is 7.77. The van der Waals surface area contributed by atoms with E-state index in [1.807, 2.05) is 0 Å². The van der Waals surface area contributed by atoms with Gasteiger partial charge in [0.25, 0.3) is 0 Å². The molecule has 0 bridgehead atoms. The van der Waals surface area contributed by atoms with Crippen LogP contribution in [0.2, 0.25) is 0 Å². The molecule has 0 spiro atoms. The molecule has 1 fully saturated rings. The van der Waals surface area contributed by atoms with Crippen LogP contribution in [0.3, 0.4) is 0 Å². The predicted octanol–water partition coefficient (Wildman–Crippen LogP) is 0.553. The second-order valence-corrected chi connectivity index (χ2v) is 3.48. The highest BCUT2D eigenvalue weighted by atomic mass is 15.5. The average molecular weight is 170 g/mol. The smallest absolute Gasteiger partial charge is 0.0306 e. The van der Waals surface area contributed by atoms with Crippen LogP contribution in [-0.4, -0.2) is 49.7 Å². The Morgan fingerprint density at radius 2 is 1.83 bits per heavy atom. The minimum absolute atomic E-state index is 1.01. The van der Waals surface area contributed by atoms with Crippen molar-refractivity contribution in [3.05, 3.63) is 0 Å². The summed E-state index contributed by atoms with van der Waals surface area (Å²) in [6, 6.07) is 0. The van der Waals surface area contributed by atoms with Gasteiger partial charge in [0.2, 0.25) is 0 Å². The van der Waals surface area contributed by atoms with Crippen molar-refractivity contribution in [2.75, 3.05) is 39.8 Å². The third kappa shape index (κ3) is 3.52. The molecule has 0 aromatic heterocycles. The third-order valence-electron chi connectivity index (χ3n) is 2.29. The number of hydrogen-bond acceptors (Lipinski definition) is 2. The summed E-state index contributed by atoms with van der Waals surface area (Å²) < 4.78 is 0. The molecule has 3 nitrogen and oxygen atoms in total. The van der Waals surface area contributed by atoms with Crippen LogP contribution >= 0.6 is 0 Å². The largest absolute Gasteiger partial charge is 0.304 e. The summed E-state index contributed by atoms with van der Waals surface area (Å²) in [5.41, 5.74) is 4.51. The summed E-state index contributed by atoms with van der Waals surface area (Å²) in [6.07, 6.45) is 2.48. The second-order valence-electron chi connectivity index (χ2n) is 3.48. The molecule has 0 unspecified atom stereocenters. The Morgan fingerprint density at radius 1 is 1.17 bits per heavy atom. The molecule has 3 heteroatoms. The number of nitrogens with zero attached hydrogens (tertiary/aromatic N) is 3. The number of rotatable bonds is 4. The lowest BCUT2D eigenvalue weighted by molar-refractivity contribution is 0.0992. The van der Waals surface area contributed by atoms with Crippen LogP contribution in [0.5, 0.6) is 0 Å². The van der Waals surface area contributed by atoms with E-state index >= 15 is 0 Å². The van der Waals surface area contributed by atoms with Crippen LogP contribution in [-0.2, 0) is 0 Å². The topological polar surface area (TPSA) is 20.6 Å². The van der Waals surface area contributed by atoms with Gasteiger partial charge in [-0.25, -0.2) is 5.01 Å². The van der Waals surface area contributed by atoms with Crippen molar-refractivity contribution in [1.29, 1.82) is 0 Å². The Hall–Kier alpha value is -0.120. The molecule has 1 radical (unpaired) electrons. The molecule has 1 aliphatic rings. The summed E-state index contributed by atoms with van der Waals surface area (Å²) in [4.78, 5) is 2.35. The van der Waals surface area contributed by atoms with Gasteiger partial charge in [-0.05, 0) is 13.5 Å². The van der Waals surface area contributed by atoms with Gasteiger partial charge in [-0.3, -0.25) is 0 Å². The van der Waals surface area contributed by atoms with Crippen molar-refractivity contribution < 1.29 is 0 Å². The van der Waals surface area contributed by atoms with Crippen molar-refractivity contribution >= 4 is 0 Å². The summed E-state index contributed by atoms with van der Waals surface area (Å²) in [5.74, 6) is 0. The molecule has 1 heterocycles. The van der Waals surface area contributed by atoms with Gasteiger partial charge in [0.05, 0.1) is 0 Å². The first-order valence-corrected chi connectivity index (χ1v) is 4.94. The molecule has 0 aromatic carbocycles. The lowest BCUT2D eigenvalue weighted by Crippen LogP contribution is -2.47. The van der Waals surface area contributed by atoms with Crippen LogP contribution in [0.1, 0.15) is 19.8 Å². The second kappa shape index (κ2) is 5.51. The van der Waals surface area contributed by atoms with Gasteiger partial charge >= 0.3 is 0 Å². The monoisotopic (exact) mass is 170 g/mol. The highest BCUT2D eigenvalue weighted by Gasteiger charge is 2.12. The zero-order chi connectivity index (χ0) is 8.81. The molecule has 1 aliphatic heterocycles. The molecule has 1 rings (SSSR count). The first-order chi connectivity index (χ1) is 5.83. The summed E-state index contributed by atoms with van der Waals surface area (Å²) >= 11 is 0. The average Bonchev–Trinajstić information content (AvgIpc) is 2.09. The first kappa shape index (κ1) is 9.96. The van der Waals surface area contributed by atoms with Crippen LogP contribution in [0.25, 0.3) is 0 Å². The maximum atomic E-state index is 4.51. The molecule has 0 aromatic rings. The minimum atomic E-state index is 1.01. The van der Waals surface area contributed by atoms with Crippen LogP contribution in [0.4, 0.5) is 0 Å². The zero-order valence-electron chi connectivity index (χ0n) is 8.29. The van der Waals surface area contributed by atoms with Gasteiger partial charge in [0, 0.05) is 32.7 Å². The van der Waals surface area contributed by atoms with E-state index in [1.54, 1.807) is 0 Å². The first-order valence-electron chi connectivity index (χ1n) is 4.94. The molecule has 0 aliphatic carbocycles. The van der Waals surface area contributed by atoms with E-state index in [1.165, 1.54) is 12.8 Å². The van der Waals surface area contributed by atoms with E-state index in [4.69, 9.17) is 0 Å². The molecule has 0 N–H and O–H groups in total. The number of hydrogen-bond donors (Lipinski definition) is 0. The van der Waals surface area contributed by atoms with Crippen molar-refractivity contribution in [3.8, 4) is 0 Å². The molecule has 1 saturated heterocycles. The molecule has 0 amide bonds. The van der Waals surface area contributed by atoms with Gasteiger partial charge in [-0.2, -0.15) is 5.43 Å². The Balaban J connectivity index is 2.01. The van der Waals surface area contributed by atoms with Gasteiger partial charge in [0.1, 0.15) is 0 Å². The van der Waals surface area contributed by atoms with Crippen molar-refractivity contribution in [1.82, 2.24) is 15.3 Å². The highest BCUT2D eigenvalue weighted by Crippen LogP contribution is 1.96. The van der Waals surface area contributed by atoms with Gasteiger partial charge in [-0.15, -0.1) is 0 Å². The summed E-state index contributed by atoms with van der Waals surface area (Å²) in [5, 5.41) is 2.22. The molecule has 0 saturated carbocycles. The van der Waals surface area contributed by atoms with E-state index in [0.29, 0.717) is 0 Å². The Bertz CT molecular complexity index is 108. The molecule has 0 atom stereocenters. The standard InChI is InChI=1S/C9H20N3/c1-3-4-5-10-12-8-6-11(2)7-9-12/h3-9H2,1-2H3. The lowest BCUT2D eigenvalue weighted by Gasteiger charge is -2.31. The van der Waals surface area contributed by atoms with E-state index in [2.05, 4.69) is 29.3 Å². The molecular weight excluding hydrogens is 150 g/mol. The minimum Gasteiger partial charge on any atom is -0.304 e. The Labute approximate surface area is 75.7 Å². The van der Waals surface area contributed by atoms with Crippen molar-refractivity contribution in [3.63, 3.8) is 0 Å². The van der Waals surface area contributed by atoms with Crippen LogP contribution < -0.4 is 5.43 Å².